The summed E-state index contributed by atoms with van der Waals surface area (Å²) >= 11 is 0. The second-order valence-electron chi connectivity index (χ2n) is 7.68. The van der Waals surface area contributed by atoms with Crippen molar-refractivity contribution in [1.82, 2.24) is 4.90 Å². The first-order chi connectivity index (χ1) is 14.3. The summed E-state index contributed by atoms with van der Waals surface area (Å²) in [4.78, 5) is 14.8. The lowest BCUT2D eigenvalue weighted by Crippen LogP contribution is -2.39. The minimum absolute atomic E-state index is 0.133. The molecule has 0 radical (unpaired) electrons. The lowest BCUT2D eigenvalue weighted by atomic mass is 9.97. The van der Waals surface area contributed by atoms with Crippen LogP contribution in [0.3, 0.4) is 0 Å². The Labute approximate surface area is 172 Å². The minimum atomic E-state index is 0.133. The van der Waals surface area contributed by atoms with Crippen molar-refractivity contribution in [2.45, 2.75) is 19.4 Å². The van der Waals surface area contributed by atoms with Gasteiger partial charge in [-0.3, -0.25) is 4.79 Å². The van der Waals surface area contributed by atoms with E-state index in [0.717, 1.165) is 43.7 Å². The van der Waals surface area contributed by atoms with Gasteiger partial charge in [-0.05, 0) is 47.6 Å². The number of carbonyl (C=O) groups is 1. The van der Waals surface area contributed by atoms with Crippen LogP contribution in [0.15, 0.2) is 84.9 Å². The van der Waals surface area contributed by atoms with Crippen LogP contribution in [-0.4, -0.2) is 30.5 Å². The third-order valence-electron chi connectivity index (χ3n) is 5.61. The summed E-state index contributed by atoms with van der Waals surface area (Å²) in [5.74, 6) is 0.663. The third kappa shape index (κ3) is 5.12. The van der Waals surface area contributed by atoms with E-state index in [1.807, 2.05) is 65.6 Å². The van der Waals surface area contributed by atoms with Crippen molar-refractivity contribution in [3.8, 4) is 11.1 Å². The molecule has 4 rings (SSSR count). The fourth-order valence-corrected chi connectivity index (χ4v) is 3.84. The minimum Gasteiger partial charge on any atom is -0.376 e. The summed E-state index contributed by atoms with van der Waals surface area (Å²) < 4.78 is 5.89. The van der Waals surface area contributed by atoms with Crippen LogP contribution in [0.25, 0.3) is 11.1 Å². The molecule has 0 aliphatic carbocycles. The molecule has 0 N–H and O–H groups in total. The van der Waals surface area contributed by atoms with Crippen LogP contribution < -0.4 is 0 Å². The second-order valence-corrected chi connectivity index (χ2v) is 7.68. The van der Waals surface area contributed by atoms with E-state index in [-0.39, 0.29) is 5.91 Å². The summed E-state index contributed by atoms with van der Waals surface area (Å²) in [5, 5.41) is 0. The fourth-order valence-electron chi connectivity index (χ4n) is 3.84. The molecule has 0 atom stereocenters. The summed E-state index contributed by atoms with van der Waals surface area (Å²) in [7, 11) is 0. The van der Waals surface area contributed by atoms with Gasteiger partial charge in [-0.1, -0.05) is 72.8 Å². The topological polar surface area (TPSA) is 29.5 Å². The molecule has 0 saturated carbocycles. The molecule has 0 bridgehead atoms. The molecule has 29 heavy (non-hydrogen) atoms. The molecule has 1 aliphatic rings. The third-order valence-corrected chi connectivity index (χ3v) is 5.61. The Morgan fingerprint density at radius 1 is 0.793 bits per heavy atom. The summed E-state index contributed by atoms with van der Waals surface area (Å²) in [5.41, 5.74) is 4.28. The Kier molecular flexibility index (Phi) is 6.38. The number of piperidine rings is 1. The lowest BCUT2D eigenvalue weighted by molar-refractivity contribution is 0.0478. The Morgan fingerprint density at radius 3 is 2.03 bits per heavy atom. The predicted molar refractivity (Wildman–Crippen MR) is 117 cm³/mol. The number of hydrogen-bond acceptors (Lipinski definition) is 2. The summed E-state index contributed by atoms with van der Waals surface area (Å²) in [6.07, 6.45) is 2.01. The van der Waals surface area contributed by atoms with Crippen molar-refractivity contribution in [3.63, 3.8) is 0 Å². The van der Waals surface area contributed by atoms with E-state index >= 15 is 0 Å². The zero-order valence-electron chi connectivity index (χ0n) is 16.7. The maximum absolute atomic E-state index is 12.8. The first-order valence-electron chi connectivity index (χ1n) is 10.4. The molecular formula is C26H27NO2. The Morgan fingerprint density at radius 2 is 1.38 bits per heavy atom. The highest BCUT2D eigenvalue weighted by atomic mass is 16.5. The van der Waals surface area contributed by atoms with Crippen molar-refractivity contribution in [2.75, 3.05) is 19.7 Å². The fraction of sp³-hybridized carbons (Fsp3) is 0.269. The van der Waals surface area contributed by atoms with Gasteiger partial charge in [0.25, 0.3) is 5.91 Å². The van der Waals surface area contributed by atoms with Crippen LogP contribution in [0.2, 0.25) is 0 Å². The molecule has 3 nitrogen and oxygen atoms in total. The number of rotatable bonds is 6. The summed E-state index contributed by atoms with van der Waals surface area (Å²) in [6.45, 7) is 3.04. The van der Waals surface area contributed by atoms with Gasteiger partial charge in [0.2, 0.25) is 0 Å². The molecule has 1 saturated heterocycles. The molecule has 0 unspecified atom stereocenters. The van der Waals surface area contributed by atoms with Gasteiger partial charge < -0.3 is 9.64 Å². The Balaban J connectivity index is 1.25. The molecule has 0 spiro atoms. The molecule has 1 fully saturated rings. The smallest absolute Gasteiger partial charge is 0.253 e. The van der Waals surface area contributed by atoms with E-state index in [4.69, 9.17) is 4.74 Å². The summed E-state index contributed by atoms with van der Waals surface area (Å²) in [6, 6.07) is 28.5. The van der Waals surface area contributed by atoms with Crippen LogP contribution in [-0.2, 0) is 11.3 Å². The highest BCUT2D eigenvalue weighted by Gasteiger charge is 2.23. The monoisotopic (exact) mass is 385 g/mol. The van der Waals surface area contributed by atoms with Gasteiger partial charge >= 0.3 is 0 Å². The van der Waals surface area contributed by atoms with Gasteiger partial charge in [-0.15, -0.1) is 0 Å². The Hall–Kier alpha value is -2.91. The van der Waals surface area contributed by atoms with E-state index in [2.05, 4.69) is 24.3 Å². The van der Waals surface area contributed by atoms with Crippen molar-refractivity contribution in [2.24, 2.45) is 5.92 Å². The van der Waals surface area contributed by atoms with Crippen molar-refractivity contribution < 1.29 is 9.53 Å². The maximum atomic E-state index is 12.8. The molecular weight excluding hydrogens is 358 g/mol. The predicted octanol–water partition coefficient (Wildman–Crippen LogP) is 5.42. The number of nitrogens with zero attached hydrogens (tertiary/aromatic N) is 1. The van der Waals surface area contributed by atoms with Gasteiger partial charge in [0.1, 0.15) is 0 Å². The molecule has 1 aliphatic heterocycles. The zero-order valence-corrected chi connectivity index (χ0v) is 16.7. The van der Waals surface area contributed by atoms with Crippen molar-refractivity contribution in [3.05, 3.63) is 96.1 Å². The standard InChI is InChI=1S/C26H27NO2/c28-26(25-13-11-24(12-14-25)23-9-5-2-6-10-23)27-17-15-22(16-18-27)20-29-19-21-7-3-1-4-8-21/h1-14,22H,15-20H2. The van der Waals surface area contributed by atoms with Gasteiger partial charge in [-0.25, -0.2) is 0 Å². The number of likely N-dealkylation sites (tertiary alicyclic amines) is 1. The number of amides is 1. The highest BCUT2D eigenvalue weighted by molar-refractivity contribution is 5.94. The first kappa shape index (κ1) is 19.4. The average Bonchev–Trinajstić information content (AvgIpc) is 2.80. The van der Waals surface area contributed by atoms with Crippen LogP contribution in [0, 0.1) is 5.92 Å². The van der Waals surface area contributed by atoms with Gasteiger partial charge in [0.15, 0.2) is 0 Å². The largest absolute Gasteiger partial charge is 0.376 e. The molecule has 1 amide bonds. The van der Waals surface area contributed by atoms with Gasteiger partial charge in [0.05, 0.1) is 6.61 Å². The van der Waals surface area contributed by atoms with Crippen molar-refractivity contribution >= 4 is 5.91 Å². The number of ether oxygens (including phenoxy) is 1. The Bertz CT molecular complexity index is 898. The van der Waals surface area contributed by atoms with Crippen LogP contribution in [0.1, 0.15) is 28.8 Å². The SMILES string of the molecule is O=C(c1ccc(-c2ccccc2)cc1)N1CCC(COCc2ccccc2)CC1. The van der Waals surface area contributed by atoms with Gasteiger partial charge in [-0.2, -0.15) is 0 Å². The second kappa shape index (κ2) is 9.53. The molecule has 3 aromatic rings. The number of carbonyl (C=O) groups excluding carboxylic acids is 1. The van der Waals surface area contributed by atoms with E-state index in [9.17, 15) is 4.79 Å². The van der Waals surface area contributed by atoms with Crippen LogP contribution in [0.5, 0.6) is 0 Å². The van der Waals surface area contributed by atoms with E-state index < -0.39 is 0 Å². The van der Waals surface area contributed by atoms with Gasteiger partial charge in [0, 0.05) is 25.3 Å². The quantitative estimate of drug-likeness (QED) is 0.567. The zero-order chi connectivity index (χ0) is 19.9. The van der Waals surface area contributed by atoms with E-state index in [0.29, 0.717) is 12.5 Å². The number of benzene rings is 3. The molecule has 3 heteroatoms. The number of hydrogen-bond donors (Lipinski definition) is 0. The van der Waals surface area contributed by atoms with Crippen LogP contribution in [0.4, 0.5) is 0 Å². The average molecular weight is 386 g/mol. The molecule has 3 aromatic carbocycles. The van der Waals surface area contributed by atoms with Crippen LogP contribution >= 0.6 is 0 Å². The van der Waals surface area contributed by atoms with E-state index in [1.54, 1.807) is 0 Å². The maximum Gasteiger partial charge on any atom is 0.253 e. The lowest BCUT2D eigenvalue weighted by Gasteiger charge is -2.32. The normalized spacial score (nSPS) is 14.7. The van der Waals surface area contributed by atoms with E-state index in [1.165, 1.54) is 11.1 Å². The van der Waals surface area contributed by atoms with Crippen molar-refractivity contribution in [1.29, 1.82) is 0 Å². The first-order valence-corrected chi connectivity index (χ1v) is 10.4. The molecule has 1 heterocycles. The highest BCUT2D eigenvalue weighted by Crippen LogP contribution is 2.22. The molecule has 148 valence electrons. The molecule has 0 aromatic heterocycles.